The number of hydrogen-bond donors (Lipinski definition) is 1. The molecule has 17 heavy (non-hydrogen) atoms. The van der Waals surface area contributed by atoms with Crippen LogP contribution in [0.4, 0.5) is 0 Å². The van der Waals surface area contributed by atoms with Gasteiger partial charge >= 0.3 is 0 Å². The zero-order valence-corrected chi connectivity index (χ0v) is 11.5. The predicted octanol–water partition coefficient (Wildman–Crippen LogP) is 3.63. The van der Waals surface area contributed by atoms with Crippen LogP contribution in [-0.2, 0) is 6.42 Å². The number of nitrogens with one attached hydrogen (secondary N) is 1. The molecule has 94 valence electrons. The third-order valence-electron chi connectivity index (χ3n) is 4.08. The van der Waals surface area contributed by atoms with E-state index in [0.29, 0.717) is 5.41 Å². The van der Waals surface area contributed by atoms with E-state index in [9.17, 15) is 0 Å². The molecule has 0 unspecified atom stereocenters. The predicted molar refractivity (Wildman–Crippen MR) is 74.4 cm³/mol. The Balaban J connectivity index is 2.00. The molecule has 0 heterocycles. The van der Waals surface area contributed by atoms with E-state index < -0.39 is 0 Å². The van der Waals surface area contributed by atoms with Crippen molar-refractivity contribution in [2.24, 2.45) is 5.41 Å². The monoisotopic (exact) mass is 231 g/mol. The zero-order chi connectivity index (χ0) is 12.3. The lowest BCUT2D eigenvalue weighted by Crippen LogP contribution is -2.26. The first-order valence-electron chi connectivity index (χ1n) is 6.93. The maximum Gasteiger partial charge on any atom is 0.00110 e. The molecule has 1 saturated carbocycles. The van der Waals surface area contributed by atoms with Crippen molar-refractivity contribution < 1.29 is 0 Å². The van der Waals surface area contributed by atoms with Crippen molar-refractivity contribution in [3.8, 4) is 0 Å². The van der Waals surface area contributed by atoms with E-state index in [1.54, 1.807) is 5.56 Å². The Hall–Kier alpha value is -0.820. The molecule has 1 heteroatoms. The van der Waals surface area contributed by atoms with Crippen molar-refractivity contribution in [2.75, 3.05) is 13.1 Å². The van der Waals surface area contributed by atoms with Gasteiger partial charge in [0.05, 0.1) is 0 Å². The fourth-order valence-corrected chi connectivity index (χ4v) is 2.63. The zero-order valence-electron chi connectivity index (χ0n) is 11.5. The summed E-state index contributed by atoms with van der Waals surface area (Å²) in [4.78, 5) is 0. The molecular weight excluding hydrogens is 206 g/mol. The molecule has 0 aliphatic heterocycles. The maximum absolute atomic E-state index is 3.60. The molecule has 0 atom stereocenters. The first-order valence-corrected chi connectivity index (χ1v) is 6.93. The van der Waals surface area contributed by atoms with Crippen LogP contribution in [0, 0.1) is 19.3 Å². The second-order valence-electron chi connectivity index (χ2n) is 5.72. The third-order valence-corrected chi connectivity index (χ3v) is 4.08. The summed E-state index contributed by atoms with van der Waals surface area (Å²) in [6.45, 7) is 9.09. The van der Waals surface area contributed by atoms with Crippen LogP contribution in [-0.4, -0.2) is 13.1 Å². The molecule has 0 saturated heterocycles. The highest BCUT2D eigenvalue weighted by Crippen LogP contribution is 2.48. The highest BCUT2D eigenvalue weighted by atomic mass is 14.9. The number of hydrogen-bond acceptors (Lipinski definition) is 1. The molecule has 0 bridgehead atoms. The molecule has 1 aliphatic carbocycles. The SMILES string of the molecule is CCCNCC1(Cc2c(C)cccc2C)CC1. The van der Waals surface area contributed by atoms with E-state index in [-0.39, 0.29) is 0 Å². The molecule has 1 aliphatic rings. The summed E-state index contributed by atoms with van der Waals surface area (Å²) >= 11 is 0. The van der Waals surface area contributed by atoms with Crippen LogP contribution in [0.15, 0.2) is 18.2 Å². The number of benzene rings is 1. The van der Waals surface area contributed by atoms with Gasteiger partial charge in [-0.2, -0.15) is 0 Å². The smallest absolute Gasteiger partial charge is 0.00110 e. The van der Waals surface area contributed by atoms with Gasteiger partial charge in [0.15, 0.2) is 0 Å². The van der Waals surface area contributed by atoms with E-state index in [4.69, 9.17) is 0 Å². The quantitative estimate of drug-likeness (QED) is 0.737. The minimum atomic E-state index is 0.575. The Morgan fingerprint density at radius 2 is 1.82 bits per heavy atom. The van der Waals surface area contributed by atoms with Crippen molar-refractivity contribution in [1.82, 2.24) is 5.32 Å². The van der Waals surface area contributed by atoms with Gasteiger partial charge in [-0.15, -0.1) is 0 Å². The minimum Gasteiger partial charge on any atom is -0.316 e. The highest BCUT2D eigenvalue weighted by molar-refractivity contribution is 5.35. The Labute approximate surface area is 106 Å². The summed E-state index contributed by atoms with van der Waals surface area (Å²) in [5, 5.41) is 3.60. The van der Waals surface area contributed by atoms with E-state index in [0.717, 1.165) is 6.54 Å². The highest BCUT2D eigenvalue weighted by Gasteiger charge is 2.42. The fourth-order valence-electron chi connectivity index (χ4n) is 2.63. The van der Waals surface area contributed by atoms with Crippen LogP contribution in [0.2, 0.25) is 0 Å². The van der Waals surface area contributed by atoms with Gasteiger partial charge in [-0.25, -0.2) is 0 Å². The average molecular weight is 231 g/mol. The third kappa shape index (κ3) is 3.10. The average Bonchev–Trinajstić information content (AvgIpc) is 3.05. The lowest BCUT2D eigenvalue weighted by atomic mass is 9.90. The van der Waals surface area contributed by atoms with Crippen LogP contribution in [0.1, 0.15) is 42.9 Å². The van der Waals surface area contributed by atoms with Gasteiger partial charge in [0, 0.05) is 6.54 Å². The summed E-state index contributed by atoms with van der Waals surface area (Å²) in [5.41, 5.74) is 5.09. The largest absolute Gasteiger partial charge is 0.316 e. The minimum absolute atomic E-state index is 0.575. The Kier molecular flexibility index (Phi) is 3.88. The van der Waals surface area contributed by atoms with Crippen molar-refractivity contribution in [2.45, 2.75) is 46.5 Å². The van der Waals surface area contributed by atoms with Crippen LogP contribution in [0.3, 0.4) is 0 Å². The first kappa shape index (κ1) is 12.6. The molecule has 0 spiro atoms. The van der Waals surface area contributed by atoms with Crippen molar-refractivity contribution in [3.63, 3.8) is 0 Å². The molecule has 2 rings (SSSR count). The van der Waals surface area contributed by atoms with Gasteiger partial charge in [-0.05, 0) is 68.2 Å². The summed E-state index contributed by atoms with van der Waals surface area (Å²) in [6.07, 6.45) is 5.30. The van der Waals surface area contributed by atoms with Crippen LogP contribution in [0.25, 0.3) is 0 Å². The standard InChI is InChI=1S/C16H25N/c1-4-10-17-12-16(8-9-16)11-15-13(2)6-5-7-14(15)3/h5-7,17H,4,8-12H2,1-3H3. The van der Waals surface area contributed by atoms with Gasteiger partial charge in [0.25, 0.3) is 0 Å². The first-order chi connectivity index (χ1) is 8.17. The molecule has 1 nitrogen and oxygen atoms in total. The number of aryl methyl sites for hydroxylation is 2. The van der Waals surface area contributed by atoms with Gasteiger partial charge in [-0.3, -0.25) is 0 Å². The van der Waals surface area contributed by atoms with E-state index in [1.807, 2.05) is 0 Å². The van der Waals surface area contributed by atoms with Gasteiger partial charge in [0.1, 0.15) is 0 Å². The maximum atomic E-state index is 3.60. The summed E-state index contributed by atoms with van der Waals surface area (Å²) in [6, 6.07) is 6.67. The molecule has 1 fully saturated rings. The van der Waals surface area contributed by atoms with Gasteiger partial charge in [-0.1, -0.05) is 25.1 Å². The van der Waals surface area contributed by atoms with Crippen LogP contribution in [0.5, 0.6) is 0 Å². The second kappa shape index (κ2) is 5.22. The van der Waals surface area contributed by atoms with E-state index in [1.165, 1.54) is 43.4 Å². The lowest BCUT2D eigenvalue weighted by Gasteiger charge is -2.19. The summed E-state index contributed by atoms with van der Waals surface area (Å²) < 4.78 is 0. The van der Waals surface area contributed by atoms with Gasteiger partial charge < -0.3 is 5.32 Å². The molecular formula is C16H25N. The van der Waals surface area contributed by atoms with Gasteiger partial charge in [0.2, 0.25) is 0 Å². The van der Waals surface area contributed by atoms with Crippen molar-refractivity contribution in [3.05, 3.63) is 34.9 Å². The second-order valence-corrected chi connectivity index (χ2v) is 5.72. The van der Waals surface area contributed by atoms with Crippen molar-refractivity contribution in [1.29, 1.82) is 0 Å². The van der Waals surface area contributed by atoms with E-state index in [2.05, 4.69) is 44.3 Å². The molecule has 0 radical (unpaired) electrons. The molecule has 0 aromatic heterocycles. The fraction of sp³-hybridized carbons (Fsp3) is 0.625. The topological polar surface area (TPSA) is 12.0 Å². The summed E-state index contributed by atoms with van der Waals surface area (Å²) in [7, 11) is 0. The molecule has 1 aromatic rings. The Morgan fingerprint density at radius 3 is 2.35 bits per heavy atom. The number of rotatable bonds is 6. The molecule has 0 amide bonds. The lowest BCUT2D eigenvalue weighted by molar-refractivity contribution is 0.454. The normalized spacial score (nSPS) is 17.1. The summed E-state index contributed by atoms with van der Waals surface area (Å²) in [5.74, 6) is 0. The Morgan fingerprint density at radius 1 is 1.18 bits per heavy atom. The van der Waals surface area contributed by atoms with E-state index >= 15 is 0 Å². The van der Waals surface area contributed by atoms with Crippen LogP contribution >= 0.6 is 0 Å². The van der Waals surface area contributed by atoms with Crippen molar-refractivity contribution >= 4 is 0 Å². The molecule has 1 N–H and O–H groups in total. The van der Waals surface area contributed by atoms with Crippen LogP contribution < -0.4 is 5.32 Å². The molecule has 1 aromatic carbocycles. The Bertz CT molecular complexity index is 357.